The summed E-state index contributed by atoms with van der Waals surface area (Å²) in [5.74, 6) is -1.15. The summed E-state index contributed by atoms with van der Waals surface area (Å²) in [5, 5.41) is 0. The second-order valence-electron chi connectivity index (χ2n) is 9.76. The van der Waals surface area contributed by atoms with Crippen molar-refractivity contribution in [1.29, 1.82) is 0 Å². The van der Waals surface area contributed by atoms with Gasteiger partial charge in [0.15, 0.2) is 0 Å². The Kier molecular flexibility index (Phi) is 8.57. The van der Waals surface area contributed by atoms with E-state index in [-0.39, 0.29) is 35.8 Å². The molecule has 0 aromatic heterocycles. The minimum atomic E-state index is -0.438. The van der Waals surface area contributed by atoms with Crippen molar-refractivity contribution < 1.29 is 28.6 Å². The first kappa shape index (κ1) is 25.7. The first-order chi connectivity index (χ1) is 17.5. The number of ether oxygens (including phenoxy) is 3. The van der Waals surface area contributed by atoms with Crippen molar-refractivity contribution in [3.8, 4) is 0 Å². The van der Waals surface area contributed by atoms with Gasteiger partial charge in [-0.05, 0) is 42.7 Å². The predicted octanol–water partition coefficient (Wildman–Crippen LogP) is 5.77. The molecule has 1 heterocycles. The fourth-order valence-electron chi connectivity index (χ4n) is 5.11. The number of benzene rings is 2. The SMILES string of the molecule is CCCC[C@H](C)[C@@H](C=C[C@@H]1[C@H]2CC(=O)O[C@H]2C[C@H]1OC(=O)c1ccccc1)OC(=O)c1ccccc1. The van der Waals surface area contributed by atoms with E-state index in [1.807, 2.05) is 36.4 Å². The lowest BCUT2D eigenvalue weighted by Crippen LogP contribution is -2.27. The number of carbonyl (C=O) groups excluding carboxylic acids is 3. The van der Waals surface area contributed by atoms with E-state index in [0.29, 0.717) is 24.0 Å². The molecule has 2 aromatic rings. The molecule has 0 spiro atoms. The summed E-state index contributed by atoms with van der Waals surface area (Å²) in [4.78, 5) is 37.6. The van der Waals surface area contributed by atoms with Crippen LogP contribution < -0.4 is 0 Å². The van der Waals surface area contributed by atoms with Gasteiger partial charge in [0.25, 0.3) is 0 Å². The maximum absolute atomic E-state index is 12.8. The van der Waals surface area contributed by atoms with Gasteiger partial charge in [0.2, 0.25) is 0 Å². The number of fused-ring (bicyclic) bond motifs is 1. The van der Waals surface area contributed by atoms with Gasteiger partial charge in [-0.1, -0.05) is 69.2 Å². The molecule has 0 unspecified atom stereocenters. The summed E-state index contributed by atoms with van der Waals surface area (Å²) in [5.41, 5.74) is 0.987. The number of esters is 3. The van der Waals surface area contributed by atoms with Gasteiger partial charge < -0.3 is 14.2 Å². The molecule has 6 heteroatoms. The maximum Gasteiger partial charge on any atom is 0.338 e. The van der Waals surface area contributed by atoms with Crippen LogP contribution in [0.1, 0.15) is 66.7 Å². The maximum atomic E-state index is 12.8. The first-order valence-electron chi connectivity index (χ1n) is 12.9. The molecule has 0 radical (unpaired) electrons. The topological polar surface area (TPSA) is 78.9 Å². The van der Waals surface area contributed by atoms with Crippen molar-refractivity contribution in [2.75, 3.05) is 0 Å². The molecule has 6 nitrogen and oxygen atoms in total. The highest BCUT2D eigenvalue weighted by molar-refractivity contribution is 5.90. The zero-order valence-electron chi connectivity index (χ0n) is 20.9. The van der Waals surface area contributed by atoms with E-state index < -0.39 is 18.2 Å². The highest BCUT2D eigenvalue weighted by Crippen LogP contribution is 2.44. The molecule has 2 aromatic carbocycles. The summed E-state index contributed by atoms with van der Waals surface area (Å²) < 4.78 is 17.4. The Morgan fingerprint density at radius 2 is 1.67 bits per heavy atom. The van der Waals surface area contributed by atoms with Crippen molar-refractivity contribution in [1.82, 2.24) is 0 Å². The molecule has 0 amide bonds. The number of hydrogen-bond donors (Lipinski definition) is 0. The second-order valence-corrected chi connectivity index (χ2v) is 9.76. The summed E-state index contributed by atoms with van der Waals surface area (Å²) in [6.45, 7) is 4.21. The van der Waals surface area contributed by atoms with Crippen molar-refractivity contribution in [3.63, 3.8) is 0 Å². The largest absolute Gasteiger partial charge is 0.462 e. The van der Waals surface area contributed by atoms with E-state index >= 15 is 0 Å². The molecule has 2 aliphatic rings. The summed E-state index contributed by atoms with van der Waals surface area (Å²) in [6, 6.07) is 17.8. The van der Waals surface area contributed by atoms with E-state index in [4.69, 9.17) is 14.2 Å². The first-order valence-corrected chi connectivity index (χ1v) is 12.9. The average Bonchev–Trinajstić information content (AvgIpc) is 3.41. The van der Waals surface area contributed by atoms with Crippen LogP contribution in [0, 0.1) is 17.8 Å². The van der Waals surface area contributed by atoms with Gasteiger partial charge in [-0.3, -0.25) is 4.79 Å². The van der Waals surface area contributed by atoms with Gasteiger partial charge in [0.05, 0.1) is 17.5 Å². The van der Waals surface area contributed by atoms with Crippen LogP contribution in [0.4, 0.5) is 0 Å². The van der Waals surface area contributed by atoms with Crippen LogP contribution in [0.15, 0.2) is 72.8 Å². The Labute approximate surface area is 212 Å². The Morgan fingerprint density at radius 3 is 2.31 bits per heavy atom. The normalized spacial score (nSPS) is 24.7. The molecule has 4 rings (SSSR count). The number of carbonyl (C=O) groups is 3. The standard InChI is InChI=1S/C30H34O6/c1-3-4-11-20(2)25(35-29(32)21-12-7-5-8-13-21)17-16-23-24-18-28(31)34-27(24)19-26(23)36-30(33)22-14-9-6-10-15-22/h5-10,12-17,20,23-27H,3-4,11,18-19H2,1-2H3/t20-,23+,24+,25+,26+,27-/m0/s1. The molecule has 6 atom stereocenters. The Balaban J connectivity index is 1.53. The van der Waals surface area contributed by atoms with Crippen molar-refractivity contribution in [3.05, 3.63) is 83.9 Å². The van der Waals surface area contributed by atoms with Crippen LogP contribution >= 0.6 is 0 Å². The van der Waals surface area contributed by atoms with Gasteiger partial charge >= 0.3 is 17.9 Å². The van der Waals surface area contributed by atoms with Gasteiger partial charge in [0, 0.05) is 18.3 Å². The lowest BCUT2D eigenvalue weighted by atomic mass is 9.89. The molecule has 1 saturated heterocycles. The molecule has 1 aliphatic carbocycles. The predicted molar refractivity (Wildman–Crippen MR) is 135 cm³/mol. The summed E-state index contributed by atoms with van der Waals surface area (Å²) in [7, 11) is 0. The van der Waals surface area contributed by atoms with Crippen LogP contribution in [0.5, 0.6) is 0 Å². The van der Waals surface area contributed by atoms with E-state index in [0.717, 1.165) is 19.3 Å². The Hall–Kier alpha value is -3.41. The second kappa shape index (κ2) is 12.0. The van der Waals surface area contributed by atoms with Gasteiger partial charge in [-0.2, -0.15) is 0 Å². The quantitative estimate of drug-likeness (QED) is 0.239. The van der Waals surface area contributed by atoms with Crippen LogP contribution in [0.2, 0.25) is 0 Å². The van der Waals surface area contributed by atoms with E-state index in [1.54, 1.807) is 36.4 Å². The zero-order chi connectivity index (χ0) is 25.5. The molecule has 1 aliphatic heterocycles. The van der Waals surface area contributed by atoms with Gasteiger partial charge in [0.1, 0.15) is 18.3 Å². The van der Waals surface area contributed by atoms with E-state index in [9.17, 15) is 14.4 Å². The summed E-state index contributed by atoms with van der Waals surface area (Å²) in [6.07, 6.45) is 6.50. The fraction of sp³-hybridized carbons (Fsp3) is 0.433. The van der Waals surface area contributed by atoms with Crippen molar-refractivity contribution in [2.24, 2.45) is 17.8 Å². The monoisotopic (exact) mass is 490 g/mol. The van der Waals surface area contributed by atoms with E-state index in [1.165, 1.54) is 0 Å². The smallest absolute Gasteiger partial charge is 0.338 e. The van der Waals surface area contributed by atoms with Gasteiger partial charge in [-0.25, -0.2) is 9.59 Å². The Bertz CT molecular complexity index is 1060. The molecule has 2 fully saturated rings. The number of unbranched alkanes of at least 4 members (excludes halogenated alkanes) is 1. The molecule has 190 valence electrons. The third-order valence-electron chi connectivity index (χ3n) is 7.17. The van der Waals surface area contributed by atoms with Crippen molar-refractivity contribution >= 4 is 17.9 Å². The lowest BCUT2D eigenvalue weighted by molar-refractivity contribution is -0.141. The third-order valence-corrected chi connectivity index (χ3v) is 7.17. The molecule has 1 saturated carbocycles. The highest BCUT2D eigenvalue weighted by atomic mass is 16.6. The van der Waals surface area contributed by atoms with Crippen LogP contribution in [0.25, 0.3) is 0 Å². The fourth-order valence-corrected chi connectivity index (χ4v) is 5.11. The van der Waals surface area contributed by atoms with Crippen LogP contribution in [0.3, 0.4) is 0 Å². The number of rotatable bonds is 10. The summed E-state index contributed by atoms with van der Waals surface area (Å²) >= 11 is 0. The molecular formula is C30H34O6. The number of hydrogen-bond acceptors (Lipinski definition) is 6. The average molecular weight is 491 g/mol. The Morgan fingerprint density at radius 1 is 1.03 bits per heavy atom. The minimum absolute atomic E-state index is 0.0706. The lowest BCUT2D eigenvalue weighted by Gasteiger charge is -2.24. The van der Waals surface area contributed by atoms with Gasteiger partial charge in [-0.15, -0.1) is 0 Å². The molecule has 36 heavy (non-hydrogen) atoms. The van der Waals surface area contributed by atoms with E-state index in [2.05, 4.69) is 13.8 Å². The zero-order valence-corrected chi connectivity index (χ0v) is 20.9. The van der Waals surface area contributed by atoms with Crippen molar-refractivity contribution in [2.45, 2.75) is 64.3 Å². The molecular weight excluding hydrogens is 456 g/mol. The third kappa shape index (κ3) is 6.23. The highest BCUT2D eigenvalue weighted by Gasteiger charge is 2.50. The van der Waals surface area contributed by atoms with Crippen LogP contribution in [-0.4, -0.2) is 36.2 Å². The minimum Gasteiger partial charge on any atom is -0.462 e. The molecule has 0 N–H and O–H groups in total. The molecule has 0 bridgehead atoms. The van der Waals surface area contributed by atoms with Crippen LogP contribution in [-0.2, 0) is 19.0 Å².